The molecule has 104 valence electrons. The quantitative estimate of drug-likeness (QED) is 0.889. The van der Waals surface area contributed by atoms with Gasteiger partial charge in [0, 0.05) is 12.0 Å². The van der Waals surface area contributed by atoms with Gasteiger partial charge in [0.2, 0.25) is 0 Å². The molecule has 0 aliphatic rings. The molecule has 0 amide bonds. The average Bonchev–Trinajstić information content (AvgIpc) is 2.39. The summed E-state index contributed by atoms with van der Waals surface area (Å²) in [5.74, 6) is 1.97. The summed E-state index contributed by atoms with van der Waals surface area (Å²) in [7, 11) is 0. The third-order valence-electron chi connectivity index (χ3n) is 2.90. The predicted octanol–water partition coefficient (Wildman–Crippen LogP) is 3.76. The number of nitrogens with zero attached hydrogens (tertiary/aromatic N) is 2. The fourth-order valence-corrected chi connectivity index (χ4v) is 2.30. The Labute approximate surface area is 112 Å². The van der Waals surface area contributed by atoms with Crippen LogP contribution in [0.15, 0.2) is 0 Å². The summed E-state index contributed by atoms with van der Waals surface area (Å²) in [6.07, 6.45) is 3.02. The van der Waals surface area contributed by atoms with Crippen LogP contribution in [0, 0.1) is 5.41 Å². The Morgan fingerprint density at radius 1 is 1.11 bits per heavy atom. The third-order valence-corrected chi connectivity index (χ3v) is 2.90. The molecule has 3 nitrogen and oxygen atoms in total. The molecule has 0 bridgehead atoms. The number of nitrogen functional groups attached to an aromatic ring is 1. The monoisotopic (exact) mass is 251 g/mol. The summed E-state index contributed by atoms with van der Waals surface area (Å²) < 4.78 is 2.21. The first kappa shape index (κ1) is 15.1. The van der Waals surface area contributed by atoms with Crippen molar-refractivity contribution in [3.63, 3.8) is 0 Å². The highest BCUT2D eigenvalue weighted by Gasteiger charge is 2.25. The molecule has 0 saturated carbocycles. The topological polar surface area (TPSA) is 43.8 Å². The first-order chi connectivity index (χ1) is 8.06. The van der Waals surface area contributed by atoms with Gasteiger partial charge < -0.3 is 10.3 Å². The Kier molecular flexibility index (Phi) is 4.14. The van der Waals surface area contributed by atoms with Crippen LogP contribution in [0.5, 0.6) is 0 Å². The van der Waals surface area contributed by atoms with Crippen molar-refractivity contribution in [1.29, 1.82) is 0 Å². The largest absolute Gasteiger partial charge is 0.384 e. The van der Waals surface area contributed by atoms with Gasteiger partial charge in [-0.2, -0.15) is 0 Å². The van der Waals surface area contributed by atoms with E-state index in [1.54, 1.807) is 0 Å². The van der Waals surface area contributed by atoms with Crippen LogP contribution < -0.4 is 5.73 Å². The van der Waals surface area contributed by atoms with E-state index in [1.807, 2.05) is 0 Å². The van der Waals surface area contributed by atoms with Gasteiger partial charge in [-0.15, -0.1) is 0 Å². The molecule has 18 heavy (non-hydrogen) atoms. The standard InChI is InChI=1S/C15H29N3/c1-8-9-12-17-11(10-14(2,3)4)13(16)18(12)15(5,6)7/h8-10,16H2,1-7H3. The van der Waals surface area contributed by atoms with Gasteiger partial charge in [-0.3, -0.25) is 0 Å². The molecule has 0 atom stereocenters. The molecule has 0 saturated heterocycles. The van der Waals surface area contributed by atoms with Crippen LogP contribution in [0.2, 0.25) is 0 Å². The van der Waals surface area contributed by atoms with Crippen molar-refractivity contribution in [2.45, 2.75) is 73.3 Å². The van der Waals surface area contributed by atoms with Crippen molar-refractivity contribution in [3.05, 3.63) is 11.5 Å². The highest BCUT2D eigenvalue weighted by atomic mass is 15.2. The number of hydrogen-bond donors (Lipinski definition) is 1. The summed E-state index contributed by atoms with van der Waals surface area (Å²) in [4.78, 5) is 4.79. The van der Waals surface area contributed by atoms with Gasteiger partial charge in [-0.25, -0.2) is 4.98 Å². The highest BCUT2D eigenvalue weighted by molar-refractivity contribution is 5.40. The van der Waals surface area contributed by atoms with E-state index >= 15 is 0 Å². The number of rotatable bonds is 3. The molecule has 2 N–H and O–H groups in total. The van der Waals surface area contributed by atoms with E-state index in [4.69, 9.17) is 10.7 Å². The van der Waals surface area contributed by atoms with Crippen LogP contribution in [0.1, 0.15) is 66.4 Å². The Hall–Kier alpha value is -0.990. The van der Waals surface area contributed by atoms with Crippen LogP contribution in [-0.4, -0.2) is 9.55 Å². The highest BCUT2D eigenvalue weighted by Crippen LogP contribution is 2.29. The summed E-state index contributed by atoms with van der Waals surface area (Å²) in [5.41, 5.74) is 7.60. The van der Waals surface area contributed by atoms with Crippen LogP contribution in [0.3, 0.4) is 0 Å². The molecular formula is C15H29N3. The average molecular weight is 251 g/mol. The van der Waals surface area contributed by atoms with Crippen LogP contribution in [-0.2, 0) is 18.4 Å². The zero-order valence-electron chi connectivity index (χ0n) is 13.1. The van der Waals surface area contributed by atoms with E-state index < -0.39 is 0 Å². The van der Waals surface area contributed by atoms with Gasteiger partial charge in [0.25, 0.3) is 0 Å². The summed E-state index contributed by atoms with van der Waals surface area (Å²) in [6.45, 7) is 15.4. The van der Waals surface area contributed by atoms with E-state index in [9.17, 15) is 0 Å². The third kappa shape index (κ3) is 3.50. The van der Waals surface area contributed by atoms with E-state index in [0.717, 1.165) is 36.6 Å². The van der Waals surface area contributed by atoms with E-state index in [1.165, 1.54) is 0 Å². The Morgan fingerprint density at radius 2 is 1.67 bits per heavy atom. The lowest BCUT2D eigenvalue weighted by atomic mass is 9.90. The van der Waals surface area contributed by atoms with Crippen LogP contribution in [0.25, 0.3) is 0 Å². The maximum atomic E-state index is 6.33. The Bertz CT molecular complexity index is 403. The summed E-state index contributed by atoms with van der Waals surface area (Å²) >= 11 is 0. The molecule has 0 aliphatic heterocycles. The zero-order chi connectivity index (χ0) is 14.1. The Morgan fingerprint density at radius 3 is 2.06 bits per heavy atom. The van der Waals surface area contributed by atoms with E-state index in [0.29, 0.717) is 0 Å². The SMILES string of the molecule is CCCc1nc(CC(C)(C)C)c(N)n1C(C)(C)C. The number of hydrogen-bond acceptors (Lipinski definition) is 2. The molecule has 1 rings (SSSR count). The Balaban J connectivity index is 3.24. The fourth-order valence-electron chi connectivity index (χ4n) is 2.30. The number of aromatic nitrogens is 2. The van der Waals surface area contributed by atoms with Gasteiger partial charge in [-0.1, -0.05) is 27.7 Å². The smallest absolute Gasteiger partial charge is 0.127 e. The molecular weight excluding hydrogens is 222 g/mol. The second-order valence-corrected chi connectivity index (χ2v) is 7.35. The van der Waals surface area contributed by atoms with Gasteiger partial charge in [0.1, 0.15) is 11.6 Å². The maximum absolute atomic E-state index is 6.33. The number of nitrogens with two attached hydrogens (primary N) is 1. The first-order valence-electron chi connectivity index (χ1n) is 6.92. The molecule has 0 radical (unpaired) electrons. The van der Waals surface area contributed by atoms with Gasteiger partial charge in [0.05, 0.1) is 5.69 Å². The van der Waals surface area contributed by atoms with Crippen LogP contribution in [0.4, 0.5) is 5.82 Å². The minimum Gasteiger partial charge on any atom is -0.384 e. The molecule has 1 aromatic rings. The second-order valence-electron chi connectivity index (χ2n) is 7.35. The lowest BCUT2D eigenvalue weighted by molar-refractivity contribution is 0.386. The van der Waals surface area contributed by atoms with Crippen molar-refractivity contribution < 1.29 is 0 Å². The molecule has 1 aromatic heterocycles. The summed E-state index contributed by atoms with van der Waals surface area (Å²) in [5, 5.41) is 0. The fraction of sp³-hybridized carbons (Fsp3) is 0.800. The van der Waals surface area contributed by atoms with Crippen molar-refractivity contribution >= 4 is 5.82 Å². The van der Waals surface area contributed by atoms with E-state index in [-0.39, 0.29) is 11.0 Å². The number of imidazole rings is 1. The normalized spacial score (nSPS) is 13.1. The number of aryl methyl sites for hydroxylation is 1. The lowest BCUT2D eigenvalue weighted by Gasteiger charge is -2.25. The van der Waals surface area contributed by atoms with Crippen molar-refractivity contribution in [2.75, 3.05) is 5.73 Å². The molecule has 1 heterocycles. The molecule has 0 unspecified atom stereocenters. The number of anilines is 1. The second kappa shape index (κ2) is 4.94. The minimum absolute atomic E-state index is 0.00226. The van der Waals surface area contributed by atoms with Crippen LogP contribution >= 0.6 is 0 Å². The molecule has 0 spiro atoms. The van der Waals surface area contributed by atoms with Gasteiger partial charge in [-0.05, 0) is 39.0 Å². The summed E-state index contributed by atoms with van der Waals surface area (Å²) in [6, 6.07) is 0. The molecule has 3 heteroatoms. The first-order valence-corrected chi connectivity index (χ1v) is 6.92. The van der Waals surface area contributed by atoms with Crippen molar-refractivity contribution in [2.24, 2.45) is 5.41 Å². The maximum Gasteiger partial charge on any atom is 0.127 e. The van der Waals surface area contributed by atoms with E-state index in [2.05, 4.69) is 53.0 Å². The van der Waals surface area contributed by atoms with Crippen molar-refractivity contribution in [3.8, 4) is 0 Å². The van der Waals surface area contributed by atoms with Gasteiger partial charge in [0.15, 0.2) is 0 Å². The molecule has 0 fully saturated rings. The minimum atomic E-state index is -0.00226. The lowest BCUT2D eigenvalue weighted by Crippen LogP contribution is -2.26. The van der Waals surface area contributed by atoms with Gasteiger partial charge >= 0.3 is 0 Å². The predicted molar refractivity (Wildman–Crippen MR) is 78.8 cm³/mol. The zero-order valence-corrected chi connectivity index (χ0v) is 13.1. The molecule has 0 aliphatic carbocycles. The molecule has 0 aromatic carbocycles. The van der Waals surface area contributed by atoms with Crippen molar-refractivity contribution in [1.82, 2.24) is 9.55 Å².